The number of nitrogen functional groups attached to an aromatic ring is 2. The second-order valence-electron chi connectivity index (χ2n) is 4.61. The lowest BCUT2D eigenvalue weighted by molar-refractivity contribution is 1.74. The maximum Gasteiger partial charge on any atom is 0.0634 e. The first-order chi connectivity index (χ1) is 8.77. The van der Waals surface area contributed by atoms with Gasteiger partial charge in [0.15, 0.2) is 0 Å². The van der Waals surface area contributed by atoms with Crippen molar-refractivity contribution >= 4 is 43.7 Å². The third kappa shape index (κ3) is 0.979. The van der Waals surface area contributed by atoms with Crippen LogP contribution in [0.3, 0.4) is 0 Å². The fraction of sp³-hybridized carbons (Fsp3) is 0. The predicted molar refractivity (Wildman–Crippen MR) is 77.8 cm³/mol. The summed E-state index contributed by atoms with van der Waals surface area (Å²) in [5.41, 5.74) is 13.7. The summed E-state index contributed by atoms with van der Waals surface area (Å²) in [5.74, 6) is 0. The minimum absolute atomic E-state index is 0.667. The highest BCUT2D eigenvalue weighted by Gasteiger charge is 2.13. The van der Waals surface area contributed by atoms with Gasteiger partial charge in [-0.3, -0.25) is 0 Å². The molecule has 4 N–H and O–H groups in total. The molecule has 85 valence electrons. The molecule has 0 atom stereocenters. The van der Waals surface area contributed by atoms with Gasteiger partial charge in [0, 0.05) is 16.2 Å². The van der Waals surface area contributed by atoms with E-state index in [-0.39, 0.29) is 0 Å². The molecule has 0 unspecified atom stereocenters. The molecule has 18 heavy (non-hydrogen) atoms. The largest absolute Gasteiger partial charge is 0.397 e. The Morgan fingerprint density at radius 2 is 1.56 bits per heavy atom. The number of anilines is 2. The van der Waals surface area contributed by atoms with Crippen LogP contribution in [-0.4, -0.2) is 0 Å². The average molecular weight is 231 g/mol. The van der Waals surface area contributed by atoms with E-state index in [1.807, 2.05) is 24.3 Å². The Morgan fingerprint density at radius 3 is 2.39 bits per heavy atom. The maximum atomic E-state index is 6.17. The fourth-order valence-electron chi connectivity index (χ4n) is 2.82. The molecule has 0 heterocycles. The van der Waals surface area contributed by atoms with E-state index in [1.165, 1.54) is 10.8 Å². The zero-order valence-electron chi connectivity index (χ0n) is 9.70. The van der Waals surface area contributed by atoms with E-state index in [1.54, 1.807) is 0 Å². The molecule has 4 rings (SSSR count). The van der Waals surface area contributed by atoms with Crippen molar-refractivity contribution in [3.05, 3.63) is 48.5 Å². The van der Waals surface area contributed by atoms with Crippen LogP contribution in [0, 0.1) is 6.07 Å². The van der Waals surface area contributed by atoms with Crippen LogP contribution in [0.5, 0.6) is 0 Å². The van der Waals surface area contributed by atoms with Gasteiger partial charge in [-0.25, -0.2) is 0 Å². The Kier molecular flexibility index (Phi) is 1.61. The lowest BCUT2D eigenvalue weighted by Gasteiger charge is -2.14. The van der Waals surface area contributed by atoms with Gasteiger partial charge in [0.1, 0.15) is 0 Å². The lowest BCUT2D eigenvalue weighted by atomic mass is 9.92. The summed E-state index contributed by atoms with van der Waals surface area (Å²) in [6, 6.07) is 17.5. The topological polar surface area (TPSA) is 52.0 Å². The summed E-state index contributed by atoms with van der Waals surface area (Å²) in [7, 11) is 0. The molecule has 2 heteroatoms. The Balaban J connectivity index is 2.52. The van der Waals surface area contributed by atoms with Gasteiger partial charge in [-0.15, -0.1) is 0 Å². The molecule has 0 fully saturated rings. The highest BCUT2D eigenvalue weighted by atomic mass is 14.7. The van der Waals surface area contributed by atoms with Gasteiger partial charge in [0.2, 0.25) is 0 Å². The Hall–Kier alpha value is -2.48. The lowest BCUT2D eigenvalue weighted by Crippen LogP contribution is -1.98. The van der Waals surface area contributed by atoms with Crippen molar-refractivity contribution in [3.63, 3.8) is 0 Å². The zero-order valence-corrected chi connectivity index (χ0v) is 9.70. The molecule has 0 bridgehead atoms. The van der Waals surface area contributed by atoms with Gasteiger partial charge < -0.3 is 11.5 Å². The van der Waals surface area contributed by atoms with Crippen LogP contribution in [0.2, 0.25) is 0 Å². The Morgan fingerprint density at radius 1 is 0.778 bits per heavy atom. The van der Waals surface area contributed by atoms with Gasteiger partial charge in [0.25, 0.3) is 0 Å². The number of nitrogens with two attached hydrogens (primary N) is 2. The molecule has 0 spiro atoms. The molecule has 0 aliphatic carbocycles. The van der Waals surface area contributed by atoms with Crippen LogP contribution in [0.4, 0.5) is 11.4 Å². The van der Waals surface area contributed by atoms with E-state index >= 15 is 0 Å². The quantitative estimate of drug-likeness (QED) is 0.359. The van der Waals surface area contributed by atoms with Gasteiger partial charge in [-0.1, -0.05) is 42.5 Å². The van der Waals surface area contributed by atoms with E-state index in [0.717, 1.165) is 21.5 Å². The van der Waals surface area contributed by atoms with Gasteiger partial charge in [-0.2, -0.15) is 0 Å². The minimum Gasteiger partial charge on any atom is -0.397 e. The van der Waals surface area contributed by atoms with E-state index in [2.05, 4.69) is 24.3 Å². The first-order valence-corrected chi connectivity index (χ1v) is 5.89. The second kappa shape index (κ2) is 3.05. The average Bonchev–Trinajstić information content (AvgIpc) is 2.43. The fourth-order valence-corrected chi connectivity index (χ4v) is 2.82. The monoisotopic (exact) mass is 231 g/mol. The maximum absolute atomic E-state index is 6.17. The molecule has 1 radical (unpaired) electrons. The van der Waals surface area contributed by atoms with Crippen LogP contribution < -0.4 is 11.5 Å². The van der Waals surface area contributed by atoms with Gasteiger partial charge in [0.05, 0.1) is 11.4 Å². The van der Waals surface area contributed by atoms with Crippen LogP contribution >= 0.6 is 0 Å². The first kappa shape index (κ1) is 9.54. The van der Waals surface area contributed by atoms with Crippen molar-refractivity contribution in [2.75, 3.05) is 11.5 Å². The van der Waals surface area contributed by atoms with Crippen molar-refractivity contribution in [1.82, 2.24) is 0 Å². The standard InChI is InChI=1S/C16H11N2/c17-15-11-5-1-3-9-7-8-10-4-2-6-12(16(15)18)14(10)13(9)11/h1-3,5-8H,17-18H2. The number of hydrogen-bond donors (Lipinski definition) is 2. The predicted octanol–water partition coefficient (Wildman–Crippen LogP) is 3.55. The van der Waals surface area contributed by atoms with Crippen LogP contribution in [0.1, 0.15) is 0 Å². The molecule has 0 saturated carbocycles. The molecule has 4 aromatic carbocycles. The molecule has 0 aliphatic rings. The smallest absolute Gasteiger partial charge is 0.0634 e. The van der Waals surface area contributed by atoms with Crippen LogP contribution in [0.25, 0.3) is 32.3 Å². The number of rotatable bonds is 0. The van der Waals surface area contributed by atoms with Crippen LogP contribution in [-0.2, 0) is 0 Å². The van der Waals surface area contributed by atoms with Crippen molar-refractivity contribution in [1.29, 1.82) is 0 Å². The zero-order chi connectivity index (χ0) is 12.3. The van der Waals surface area contributed by atoms with Crippen molar-refractivity contribution < 1.29 is 0 Å². The molecular weight excluding hydrogens is 220 g/mol. The summed E-state index contributed by atoms with van der Waals surface area (Å²) >= 11 is 0. The second-order valence-corrected chi connectivity index (χ2v) is 4.61. The Labute approximate surface area is 104 Å². The van der Waals surface area contributed by atoms with Crippen LogP contribution in [0.15, 0.2) is 42.5 Å². The molecule has 0 aliphatic heterocycles. The molecule has 0 saturated heterocycles. The van der Waals surface area contributed by atoms with Crippen molar-refractivity contribution in [3.8, 4) is 0 Å². The molecular formula is C16H11N2. The molecule has 4 aromatic rings. The van der Waals surface area contributed by atoms with E-state index in [4.69, 9.17) is 11.5 Å². The summed E-state index contributed by atoms with van der Waals surface area (Å²) in [6.45, 7) is 0. The third-order valence-electron chi connectivity index (χ3n) is 3.67. The van der Waals surface area contributed by atoms with E-state index in [0.29, 0.717) is 11.4 Å². The van der Waals surface area contributed by atoms with Gasteiger partial charge >= 0.3 is 0 Å². The first-order valence-electron chi connectivity index (χ1n) is 5.89. The highest BCUT2D eigenvalue weighted by molar-refractivity contribution is 6.29. The molecule has 2 nitrogen and oxygen atoms in total. The van der Waals surface area contributed by atoms with E-state index < -0.39 is 0 Å². The van der Waals surface area contributed by atoms with Crippen molar-refractivity contribution in [2.24, 2.45) is 0 Å². The van der Waals surface area contributed by atoms with Gasteiger partial charge in [-0.05, 0) is 22.2 Å². The summed E-state index contributed by atoms with van der Waals surface area (Å²) in [6.07, 6.45) is 0. The summed E-state index contributed by atoms with van der Waals surface area (Å²) in [4.78, 5) is 0. The van der Waals surface area contributed by atoms with E-state index in [9.17, 15) is 0 Å². The highest BCUT2D eigenvalue weighted by Crippen LogP contribution is 2.41. The molecule has 0 amide bonds. The summed E-state index contributed by atoms with van der Waals surface area (Å²) in [5, 5.41) is 6.68. The number of hydrogen-bond acceptors (Lipinski definition) is 2. The normalized spacial score (nSPS) is 11.8. The Bertz CT molecular complexity index is 819. The number of benzene rings is 4. The SMILES string of the molecule is Nc1c(N)c2cccc3ccc4[c]ccc1c4c32. The molecule has 0 aromatic heterocycles. The minimum atomic E-state index is 0.667. The third-order valence-corrected chi connectivity index (χ3v) is 3.67. The van der Waals surface area contributed by atoms with Crippen molar-refractivity contribution in [2.45, 2.75) is 0 Å². The summed E-state index contributed by atoms with van der Waals surface area (Å²) < 4.78 is 0.